The van der Waals surface area contributed by atoms with E-state index in [4.69, 9.17) is 78.0 Å². The Morgan fingerprint density at radius 1 is 0.452 bits per heavy atom. The second kappa shape index (κ2) is 31.4. The number of rotatable bonds is 4. The number of nitrogens with zero attached hydrogens (tertiary/aromatic N) is 6. The highest BCUT2D eigenvalue weighted by Gasteiger charge is 2.81. The number of ether oxygens (including phenoxy) is 12. The van der Waals surface area contributed by atoms with Crippen molar-refractivity contribution in [3.63, 3.8) is 0 Å². The smallest absolute Gasteiger partial charge is 0.226 e. The molecule has 26 heteroatoms. The second-order valence-electron chi connectivity index (χ2n) is 41.2. The van der Waals surface area contributed by atoms with Gasteiger partial charge in [-0.2, -0.15) is 15.3 Å². The van der Waals surface area contributed by atoms with E-state index in [0.29, 0.717) is 74.6 Å². The Morgan fingerprint density at radius 2 is 0.865 bits per heavy atom. The van der Waals surface area contributed by atoms with Gasteiger partial charge in [0.2, 0.25) is 17.4 Å². The van der Waals surface area contributed by atoms with E-state index in [2.05, 4.69) is 228 Å². The molecule has 15 fully saturated rings. The number of aliphatic hydroxyl groups excluding tert-OH is 3. The van der Waals surface area contributed by atoms with E-state index in [1.165, 1.54) is 50.4 Å². The van der Waals surface area contributed by atoms with Crippen LogP contribution in [-0.2, 0) is 76.1 Å². The molecule has 0 amide bonds. The summed E-state index contributed by atoms with van der Waals surface area (Å²) in [5.74, 6) is 5.54. The lowest BCUT2D eigenvalue weighted by molar-refractivity contribution is -0.268. The average Bonchev–Trinajstić information content (AvgIpc) is 1.51. The van der Waals surface area contributed by atoms with Gasteiger partial charge in [0.05, 0.1) is 64.8 Å². The first-order valence-corrected chi connectivity index (χ1v) is 48.2. The van der Waals surface area contributed by atoms with Crippen LogP contribution in [0.2, 0.25) is 0 Å². The summed E-state index contributed by atoms with van der Waals surface area (Å²) in [6.45, 7) is 27.3. The Labute approximate surface area is 763 Å². The zero-order chi connectivity index (χ0) is 87.4. The molecule has 0 bridgehead atoms. The number of hydrazine groups is 1. The maximum atomic E-state index is 12.3. The molecule has 9 saturated carbocycles. The Balaban J connectivity index is 0.000000109. The SMILES string of the molecule is C=C.C[C@]12Cc3cnn(-c4ccc(Br)cc4)c3C=C1CC[C@@H]1[C@@H]2[C@@H](O)C[C@@]2(C)[C@H]1CC[C@@]21OCOC12COCO2.C[C@]12[C@@H](O)C[C@@]3(C)[C@@H](CC[C@@]34OCOC43COCO3)[C@@H]1CCC1=Cc3nn(-c4ccc(Br)cc4)cc3C[C@@]12C.Cc1ccc(-n2ncc3c2C=C2CC[C@@H]4[C@H]([C@@H](O)C[C@@]5(C)[C@H]4CC[C@@]54OCOC45COCO5)[C@@]2(C)C3)cc1.NNc1ccc(Br)cc1. The van der Waals surface area contributed by atoms with Gasteiger partial charge in [0.25, 0.3) is 0 Å². The summed E-state index contributed by atoms with van der Waals surface area (Å²) < 4.78 is 82.9. The molecular weight excluding hydrogens is 1790 g/mol. The van der Waals surface area contributed by atoms with Crippen molar-refractivity contribution in [2.24, 2.45) is 91.1 Å². The number of halogens is 3. The molecule has 7 aromatic rings. The van der Waals surface area contributed by atoms with Crippen molar-refractivity contribution in [1.29, 1.82) is 0 Å². The molecule has 672 valence electrons. The topological polar surface area (TPSA) is 263 Å². The maximum absolute atomic E-state index is 12.3. The standard InChI is InChI=1S/C31H37BrN2O5.C31H38N2O5.C30H35BrN2O5.C6H7BrN2.C2H4/c1-27-13-19-15-34(22-7-5-21(32)6-8-22)33-25(19)12-20(27)4-9-24-23-10-11-30(28(23,2)14-26(35)29(24,27)3)31(39-18-37-30)16-36-17-38-31;1-19-4-7-22(8-5-19)33-25-12-21-6-9-23-24-10-11-30(31(38-18-36-30)16-35-17-37-31)29(24,3)14-26(34)27(23)28(21,2)13-20(25)15-32-33;1-27-12-18-14-32-33(21-6-4-20(31)5-7-21)24(18)11-19(27)3-8-22-23-9-10-29(28(23,2)13-25(34)26(22)27)30(38-17-36-29)15-35-16-37-30;7-5-1-3-6(9-8)4-2-5;1-2/h5-8,12,15,23-24,26,35H,4,9-11,13-14,16-18H2,1-3H3;4-5,7-8,12,15,23-24,26-27,34H,6,9-11,13-14,16-18H2,1-3H3;4-7,11,14,22-23,25-26,34H,3,8-10,12-13,15-17H2,1-2H3;1-4,9H,8H2;1-2H2/t23-,24-,26-,27-,28-,29+,30+,31?;23-,24-,26-,27+,28-,29-,30+,31?;22-,23-,25-,26+,27-,28-,29+,30?;;/m000../s1. The normalized spacial score (nSPS) is 42.2. The van der Waals surface area contributed by atoms with E-state index in [-0.39, 0.29) is 90.5 Å². The van der Waals surface area contributed by atoms with Crippen LogP contribution in [0.4, 0.5) is 5.69 Å². The molecule has 25 rings (SSSR count). The fourth-order valence-electron chi connectivity index (χ4n) is 30.7. The van der Waals surface area contributed by atoms with E-state index in [0.717, 1.165) is 138 Å². The number of hydrogen-bond acceptors (Lipinski definition) is 20. The molecule has 6 aliphatic heterocycles. The fourth-order valence-corrected chi connectivity index (χ4v) is 31.5. The van der Waals surface area contributed by atoms with E-state index in [1.807, 2.05) is 41.3 Å². The third-order valence-corrected chi connectivity index (χ3v) is 38.2. The van der Waals surface area contributed by atoms with Crippen LogP contribution < -0.4 is 11.3 Å². The second-order valence-corrected chi connectivity index (χ2v) is 43.9. The first-order chi connectivity index (χ1) is 60.6. The molecule has 18 aliphatic rings. The Morgan fingerprint density at radius 3 is 1.31 bits per heavy atom. The monoisotopic (exact) mass is 1910 g/mol. The summed E-state index contributed by atoms with van der Waals surface area (Å²) >= 11 is 10.4. The minimum atomic E-state index is -0.866. The summed E-state index contributed by atoms with van der Waals surface area (Å²) in [5.41, 5.74) is 16.5. The van der Waals surface area contributed by atoms with Gasteiger partial charge in [0.15, 0.2) is 40.8 Å². The Hall–Kier alpha value is -5.93. The third-order valence-electron chi connectivity index (χ3n) is 36.6. The lowest BCUT2D eigenvalue weighted by Gasteiger charge is -2.67. The minimum Gasteiger partial charge on any atom is -0.393 e. The van der Waals surface area contributed by atoms with Crippen LogP contribution in [0.15, 0.2) is 159 Å². The molecule has 9 heterocycles. The average molecular weight is 1910 g/mol. The van der Waals surface area contributed by atoms with Gasteiger partial charge in [0, 0.05) is 52.4 Å². The molecule has 6 spiro atoms. The Kier molecular flexibility index (Phi) is 21.6. The number of aryl methyl sites for hydroxylation is 1. The van der Waals surface area contributed by atoms with Gasteiger partial charge in [-0.05, 0) is 301 Å². The van der Waals surface area contributed by atoms with Gasteiger partial charge >= 0.3 is 0 Å². The molecule has 3 aromatic heterocycles. The third kappa shape index (κ3) is 12.3. The Bertz CT molecular complexity index is 5200. The number of allylic oxidation sites excluding steroid dienone is 3. The van der Waals surface area contributed by atoms with Crippen molar-refractivity contribution < 1.29 is 72.2 Å². The van der Waals surface area contributed by atoms with Gasteiger partial charge in [-0.3, -0.25) is 5.84 Å². The number of fused-ring (bicyclic) bond motifs is 24. The number of aliphatic hydroxyl groups is 3. The van der Waals surface area contributed by atoms with Gasteiger partial charge in [-0.1, -0.05) is 131 Å². The predicted molar refractivity (Wildman–Crippen MR) is 484 cm³/mol. The van der Waals surface area contributed by atoms with E-state index >= 15 is 0 Å². The van der Waals surface area contributed by atoms with Gasteiger partial charge in [-0.15, -0.1) is 13.2 Å². The highest BCUT2D eigenvalue weighted by Crippen LogP contribution is 2.78. The lowest BCUT2D eigenvalue weighted by Crippen LogP contribution is -2.69. The molecule has 6 N–H and O–H groups in total. The first-order valence-electron chi connectivity index (χ1n) is 45.8. The number of nitrogen functional groups attached to an aromatic ring is 1. The molecule has 0 radical (unpaired) electrons. The van der Waals surface area contributed by atoms with Crippen LogP contribution >= 0.6 is 47.8 Å². The fraction of sp³-hybridized carbons (Fsp3) is 0.590. The van der Waals surface area contributed by atoms with Crippen molar-refractivity contribution in [3.05, 3.63) is 198 Å². The number of nitrogens with two attached hydrogens (primary N) is 1. The quantitative estimate of drug-likeness (QED) is 0.0623. The number of anilines is 1. The molecule has 12 aliphatic carbocycles. The highest BCUT2D eigenvalue weighted by atomic mass is 79.9. The minimum absolute atomic E-state index is 0.0781. The van der Waals surface area contributed by atoms with Gasteiger partial charge < -0.3 is 77.6 Å². The number of benzene rings is 4. The van der Waals surface area contributed by atoms with Gasteiger partial charge in [-0.25, -0.2) is 14.0 Å². The van der Waals surface area contributed by atoms with Crippen molar-refractivity contribution in [3.8, 4) is 17.1 Å². The first kappa shape index (κ1) is 86.8. The van der Waals surface area contributed by atoms with Crippen LogP contribution in [0.3, 0.4) is 0 Å². The molecule has 6 saturated heterocycles. The van der Waals surface area contributed by atoms with Crippen LogP contribution in [-0.4, -0.2) is 158 Å². The highest BCUT2D eigenvalue weighted by molar-refractivity contribution is 9.11. The van der Waals surface area contributed by atoms with E-state index < -0.39 is 52.5 Å². The van der Waals surface area contributed by atoms with Crippen LogP contribution in [0.25, 0.3) is 35.3 Å². The predicted octanol–water partition coefficient (Wildman–Crippen LogP) is 18.2. The van der Waals surface area contributed by atoms with Crippen LogP contribution in [0, 0.1) is 92.2 Å². The summed E-state index contributed by atoms with van der Waals surface area (Å²) in [4.78, 5) is 0. The maximum Gasteiger partial charge on any atom is 0.226 e. The zero-order valence-electron chi connectivity index (χ0n) is 73.7. The largest absolute Gasteiger partial charge is 0.393 e. The molecule has 23 nitrogen and oxygen atoms in total. The number of hydrogen-bond donors (Lipinski definition) is 5. The van der Waals surface area contributed by atoms with Gasteiger partial charge in [0.1, 0.15) is 36.6 Å². The summed E-state index contributed by atoms with van der Waals surface area (Å²) in [7, 11) is 0. The van der Waals surface area contributed by atoms with Crippen molar-refractivity contribution in [2.75, 3.05) is 66.0 Å². The summed E-state index contributed by atoms with van der Waals surface area (Å²) in [6.07, 6.45) is 29.1. The van der Waals surface area contributed by atoms with Crippen molar-refractivity contribution in [2.45, 2.75) is 223 Å². The summed E-state index contributed by atoms with van der Waals surface area (Å²) in [5, 5.41) is 51.0. The molecule has 4 aromatic carbocycles. The number of nitrogens with one attached hydrogen (secondary N) is 1. The molecule has 126 heavy (non-hydrogen) atoms. The van der Waals surface area contributed by atoms with E-state index in [9.17, 15) is 15.3 Å². The molecular formula is C100H121Br3N8O15. The molecule has 24 atom stereocenters. The van der Waals surface area contributed by atoms with Crippen LogP contribution in [0.5, 0.6) is 0 Å². The van der Waals surface area contributed by atoms with Crippen molar-refractivity contribution >= 4 is 71.7 Å². The van der Waals surface area contributed by atoms with Crippen molar-refractivity contribution in [1.82, 2.24) is 29.3 Å². The lowest BCUT2D eigenvalue weighted by atomic mass is 9.39. The van der Waals surface area contributed by atoms with Crippen LogP contribution in [0.1, 0.15) is 184 Å². The van der Waals surface area contributed by atoms with E-state index in [1.54, 1.807) is 0 Å². The number of aromatic nitrogens is 6. The summed E-state index contributed by atoms with van der Waals surface area (Å²) in [6, 6.07) is 32.8. The zero-order valence-corrected chi connectivity index (χ0v) is 78.5. The molecule has 3 unspecified atom stereocenters.